The van der Waals surface area contributed by atoms with Crippen LogP contribution in [0.3, 0.4) is 0 Å². The Kier molecular flexibility index (Phi) is 4.61. The summed E-state index contributed by atoms with van der Waals surface area (Å²) in [6.45, 7) is 6.43. The van der Waals surface area contributed by atoms with Crippen molar-refractivity contribution in [2.75, 3.05) is 0 Å². The van der Waals surface area contributed by atoms with Crippen LogP contribution in [0.15, 0.2) is 30.3 Å². The lowest BCUT2D eigenvalue weighted by atomic mass is 10.1. The smallest absolute Gasteiger partial charge is 0.355 e. The number of hydrogen-bond acceptors (Lipinski definition) is 2. The summed E-state index contributed by atoms with van der Waals surface area (Å²) in [4.78, 5) is 15.3. The minimum atomic E-state index is -0.281. The molecular weight excluding hydrogens is 250 g/mol. The molecule has 1 N–H and O–H groups in total. The van der Waals surface area contributed by atoms with E-state index in [1.807, 2.05) is 44.2 Å². The van der Waals surface area contributed by atoms with Crippen LogP contribution < -0.4 is 0 Å². The molecule has 1 heterocycles. The van der Waals surface area contributed by atoms with Crippen molar-refractivity contribution in [3.63, 3.8) is 0 Å². The van der Waals surface area contributed by atoms with Gasteiger partial charge in [-0.3, -0.25) is 0 Å². The molecule has 0 radical (unpaired) electrons. The van der Waals surface area contributed by atoms with Gasteiger partial charge in [0.05, 0.1) is 0 Å². The lowest BCUT2D eigenvalue weighted by molar-refractivity contribution is 0.0465. The van der Waals surface area contributed by atoms with Gasteiger partial charge in [0, 0.05) is 5.69 Å². The lowest BCUT2D eigenvalue weighted by Gasteiger charge is -2.05. The molecule has 0 saturated carbocycles. The molecule has 3 heteroatoms. The third-order valence-electron chi connectivity index (χ3n) is 3.51. The van der Waals surface area contributed by atoms with E-state index in [0.29, 0.717) is 12.3 Å². The fourth-order valence-corrected chi connectivity index (χ4v) is 2.41. The molecule has 0 unspecified atom stereocenters. The average molecular weight is 271 g/mol. The van der Waals surface area contributed by atoms with Crippen molar-refractivity contribution in [3.8, 4) is 0 Å². The van der Waals surface area contributed by atoms with Crippen LogP contribution in [0.5, 0.6) is 0 Å². The van der Waals surface area contributed by atoms with Crippen LogP contribution >= 0.6 is 0 Å². The molecule has 0 fully saturated rings. The van der Waals surface area contributed by atoms with Crippen molar-refractivity contribution in [2.24, 2.45) is 0 Å². The van der Waals surface area contributed by atoms with Crippen molar-refractivity contribution < 1.29 is 9.53 Å². The van der Waals surface area contributed by atoms with Crippen molar-refractivity contribution >= 4 is 5.97 Å². The number of carbonyl (C=O) groups excluding carboxylic acids is 1. The van der Waals surface area contributed by atoms with Gasteiger partial charge in [0.2, 0.25) is 0 Å². The number of benzene rings is 1. The minimum Gasteiger partial charge on any atom is -0.456 e. The number of esters is 1. The molecule has 106 valence electrons. The third kappa shape index (κ3) is 3.10. The molecular formula is C17H21NO2. The van der Waals surface area contributed by atoms with Crippen molar-refractivity contribution in [1.29, 1.82) is 0 Å². The van der Waals surface area contributed by atoms with E-state index in [-0.39, 0.29) is 5.97 Å². The number of hydrogen-bond donors (Lipinski definition) is 1. The summed E-state index contributed by atoms with van der Waals surface area (Å²) in [6, 6.07) is 9.71. The largest absolute Gasteiger partial charge is 0.456 e. The molecule has 0 saturated heterocycles. The number of H-pyrrole nitrogens is 1. The second-order valence-corrected chi connectivity index (χ2v) is 5.04. The average Bonchev–Trinajstić information content (AvgIpc) is 2.74. The summed E-state index contributed by atoms with van der Waals surface area (Å²) in [5.74, 6) is -0.281. The molecule has 0 atom stereocenters. The molecule has 3 nitrogen and oxygen atoms in total. The Bertz CT molecular complexity index is 585. The van der Waals surface area contributed by atoms with Crippen molar-refractivity contribution in [2.45, 2.75) is 40.2 Å². The van der Waals surface area contributed by atoms with Crippen LogP contribution in [-0.4, -0.2) is 11.0 Å². The fraction of sp³-hybridized carbons (Fsp3) is 0.353. The van der Waals surface area contributed by atoms with Crippen LogP contribution in [0.25, 0.3) is 0 Å². The molecule has 20 heavy (non-hydrogen) atoms. The molecule has 0 aliphatic heterocycles. The molecule has 0 amide bonds. The number of rotatable bonds is 5. The standard InChI is InChI=1S/C17H21NO2/c1-4-8-15-12(2)16(18-13(15)3)17(19)20-11-14-9-6-5-7-10-14/h5-7,9-10,18H,4,8,11H2,1-3H3. The summed E-state index contributed by atoms with van der Waals surface area (Å²) in [6.07, 6.45) is 2.05. The zero-order valence-corrected chi connectivity index (χ0v) is 12.3. The first kappa shape index (κ1) is 14.4. The first-order valence-electron chi connectivity index (χ1n) is 7.02. The molecule has 0 spiro atoms. The second kappa shape index (κ2) is 6.42. The highest BCUT2D eigenvalue weighted by atomic mass is 16.5. The number of carbonyl (C=O) groups is 1. The Hall–Kier alpha value is -2.03. The molecule has 2 aromatic rings. The van der Waals surface area contributed by atoms with E-state index in [2.05, 4.69) is 11.9 Å². The van der Waals surface area contributed by atoms with E-state index in [1.54, 1.807) is 0 Å². The summed E-state index contributed by atoms with van der Waals surface area (Å²) < 4.78 is 5.37. The summed E-state index contributed by atoms with van der Waals surface area (Å²) >= 11 is 0. The maximum atomic E-state index is 12.2. The quantitative estimate of drug-likeness (QED) is 0.837. The Balaban J connectivity index is 2.08. The van der Waals surface area contributed by atoms with Gasteiger partial charge in [-0.15, -0.1) is 0 Å². The van der Waals surface area contributed by atoms with Gasteiger partial charge in [0.15, 0.2) is 0 Å². The minimum absolute atomic E-state index is 0.281. The summed E-state index contributed by atoms with van der Waals surface area (Å²) in [5, 5.41) is 0. The SMILES string of the molecule is CCCc1c(C)[nH]c(C(=O)OCc2ccccc2)c1C. The van der Waals surface area contributed by atoms with E-state index in [0.717, 1.165) is 29.7 Å². The van der Waals surface area contributed by atoms with Crippen LogP contribution in [0.1, 0.15) is 46.2 Å². The van der Waals surface area contributed by atoms with Crippen LogP contribution in [0.2, 0.25) is 0 Å². The zero-order valence-electron chi connectivity index (χ0n) is 12.3. The van der Waals surface area contributed by atoms with Crippen molar-refractivity contribution in [1.82, 2.24) is 4.98 Å². The van der Waals surface area contributed by atoms with E-state index in [1.165, 1.54) is 5.56 Å². The van der Waals surface area contributed by atoms with E-state index in [9.17, 15) is 4.79 Å². The lowest BCUT2D eigenvalue weighted by Crippen LogP contribution is -2.07. The van der Waals surface area contributed by atoms with E-state index < -0.39 is 0 Å². The number of ether oxygens (including phenoxy) is 1. The van der Waals surface area contributed by atoms with Crippen LogP contribution in [0, 0.1) is 13.8 Å². The van der Waals surface area contributed by atoms with Gasteiger partial charge in [0.25, 0.3) is 0 Å². The van der Waals surface area contributed by atoms with Crippen LogP contribution in [0.4, 0.5) is 0 Å². The number of aryl methyl sites for hydroxylation is 1. The van der Waals surface area contributed by atoms with Gasteiger partial charge in [-0.2, -0.15) is 0 Å². The molecule has 0 bridgehead atoms. The van der Waals surface area contributed by atoms with Gasteiger partial charge in [-0.1, -0.05) is 43.7 Å². The normalized spacial score (nSPS) is 10.6. The van der Waals surface area contributed by atoms with Crippen LogP contribution in [-0.2, 0) is 17.8 Å². The Morgan fingerprint density at radius 3 is 2.55 bits per heavy atom. The third-order valence-corrected chi connectivity index (χ3v) is 3.51. The molecule has 1 aromatic heterocycles. The molecule has 1 aromatic carbocycles. The van der Waals surface area contributed by atoms with E-state index in [4.69, 9.17) is 4.74 Å². The summed E-state index contributed by atoms with van der Waals surface area (Å²) in [5.41, 5.74) is 4.90. The monoisotopic (exact) mass is 271 g/mol. The number of aromatic amines is 1. The van der Waals surface area contributed by atoms with Gasteiger partial charge in [-0.05, 0) is 37.0 Å². The Morgan fingerprint density at radius 1 is 1.20 bits per heavy atom. The van der Waals surface area contributed by atoms with Gasteiger partial charge in [0.1, 0.15) is 12.3 Å². The predicted molar refractivity (Wildman–Crippen MR) is 79.8 cm³/mol. The number of aromatic nitrogens is 1. The highest BCUT2D eigenvalue weighted by molar-refractivity contribution is 5.89. The molecule has 2 rings (SSSR count). The predicted octanol–water partition coefficient (Wildman–Crippen LogP) is 3.94. The van der Waals surface area contributed by atoms with Gasteiger partial charge >= 0.3 is 5.97 Å². The van der Waals surface area contributed by atoms with E-state index >= 15 is 0 Å². The van der Waals surface area contributed by atoms with Gasteiger partial charge < -0.3 is 9.72 Å². The first-order chi connectivity index (χ1) is 9.63. The van der Waals surface area contributed by atoms with Crippen molar-refractivity contribution in [3.05, 3.63) is 58.4 Å². The zero-order chi connectivity index (χ0) is 14.5. The molecule has 0 aliphatic rings. The second-order valence-electron chi connectivity index (χ2n) is 5.04. The Labute approximate surface area is 120 Å². The number of nitrogens with one attached hydrogen (secondary N) is 1. The topological polar surface area (TPSA) is 42.1 Å². The summed E-state index contributed by atoms with van der Waals surface area (Å²) in [7, 11) is 0. The Morgan fingerprint density at radius 2 is 1.90 bits per heavy atom. The molecule has 0 aliphatic carbocycles. The van der Waals surface area contributed by atoms with Gasteiger partial charge in [-0.25, -0.2) is 4.79 Å². The maximum Gasteiger partial charge on any atom is 0.355 e. The highest BCUT2D eigenvalue weighted by Gasteiger charge is 2.17. The maximum absolute atomic E-state index is 12.2. The fourth-order valence-electron chi connectivity index (χ4n) is 2.41. The first-order valence-corrected chi connectivity index (χ1v) is 7.02. The highest BCUT2D eigenvalue weighted by Crippen LogP contribution is 2.20.